The Morgan fingerprint density at radius 3 is 2.89 bits per heavy atom. The Bertz CT molecular complexity index is 440. The van der Waals surface area contributed by atoms with E-state index in [1.54, 1.807) is 6.20 Å². The Morgan fingerprint density at radius 2 is 2.21 bits per heavy atom. The second kappa shape index (κ2) is 6.02. The summed E-state index contributed by atoms with van der Waals surface area (Å²) in [5.41, 5.74) is 9.66. The molecule has 2 atom stereocenters. The predicted molar refractivity (Wildman–Crippen MR) is 77.6 cm³/mol. The summed E-state index contributed by atoms with van der Waals surface area (Å²) in [6.07, 6.45) is 1.55. The average Bonchev–Trinajstić information content (AvgIpc) is 2.38. The summed E-state index contributed by atoms with van der Waals surface area (Å²) in [4.78, 5) is 8.67. The lowest BCUT2D eigenvalue weighted by Gasteiger charge is -2.41. The van der Waals surface area contributed by atoms with Crippen molar-refractivity contribution in [3.05, 3.63) is 22.8 Å². The van der Waals surface area contributed by atoms with E-state index in [0.29, 0.717) is 10.8 Å². The van der Waals surface area contributed by atoms with Crippen LogP contribution in [-0.4, -0.2) is 54.6 Å². The second-order valence-corrected chi connectivity index (χ2v) is 5.52. The first-order valence-corrected chi connectivity index (χ1v) is 6.66. The quantitative estimate of drug-likeness (QED) is 0.538. The summed E-state index contributed by atoms with van der Waals surface area (Å²) >= 11 is 6.01. The number of nitrogens with two attached hydrogens (primary N) is 2. The van der Waals surface area contributed by atoms with Crippen molar-refractivity contribution in [1.82, 2.24) is 20.2 Å². The van der Waals surface area contributed by atoms with E-state index in [1.807, 2.05) is 6.07 Å². The summed E-state index contributed by atoms with van der Waals surface area (Å²) < 4.78 is 0. The number of anilines is 1. The summed E-state index contributed by atoms with van der Waals surface area (Å²) in [5.74, 6) is 6.21. The van der Waals surface area contributed by atoms with Crippen molar-refractivity contribution in [1.29, 1.82) is 0 Å². The molecule has 106 valence electrons. The van der Waals surface area contributed by atoms with Crippen LogP contribution in [0.15, 0.2) is 12.3 Å². The first-order valence-electron chi connectivity index (χ1n) is 6.28. The highest BCUT2D eigenvalue weighted by Crippen LogP contribution is 2.27. The molecule has 5 N–H and O–H groups in total. The number of nitrogens with one attached hydrogen (secondary N) is 1. The summed E-state index contributed by atoms with van der Waals surface area (Å²) in [7, 11) is 4.20. The number of aromatic nitrogens is 1. The third kappa shape index (κ3) is 3.16. The molecule has 19 heavy (non-hydrogen) atoms. The van der Waals surface area contributed by atoms with Crippen molar-refractivity contribution in [2.45, 2.75) is 12.1 Å². The molecule has 0 radical (unpaired) electrons. The first kappa shape index (κ1) is 14.5. The molecule has 7 heteroatoms. The number of piperazine rings is 1. The molecular formula is C12H21ClN6. The van der Waals surface area contributed by atoms with Crippen molar-refractivity contribution >= 4 is 17.4 Å². The molecule has 0 aromatic carbocycles. The van der Waals surface area contributed by atoms with Crippen LogP contribution >= 0.6 is 11.6 Å². The van der Waals surface area contributed by atoms with Gasteiger partial charge in [-0.3, -0.25) is 16.2 Å². The van der Waals surface area contributed by atoms with E-state index in [4.69, 9.17) is 23.2 Å². The zero-order chi connectivity index (χ0) is 14.0. The van der Waals surface area contributed by atoms with E-state index < -0.39 is 0 Å². The highest BCUT2D eigenvalue weighted by molar-refractivity contribution is 6.30. The lowest BCUT2D eigenvalue weighted by molar-refractivity contribution is 0.0878. The molecular weight excluding hydrogens is 264 g/mol. The molecule has 0 amide bonds. The van der Waals surface area contributed by atoms with E-state index in [1.165, 1.54) is 0 Å². The van der Waals surface area contributed by atoms with Crippen LogP contribution < -0.4 is 17.0 Å². The van der Waals surface area contributed by atoms with Crippen LogP contribution in [0, 0.1) is 0 Å². The fourth-order valence-corrected chi connectivity index (χ4v) is 2.69. The molecule has 1 aromatic rings. The Kier molecular flexibility index (Phi) is 4.59. The zero-order valence-electron chi connectivity index (χ0n) is 11.3. The molecule has 2 heterocycles. The highest BCUT2D eigenvalue weighted by Gasteiger charge is 2.31. The van der Waals surface area contributed by atoms with Crippen molar-refractivity contribution < 1.29 is 0 Å². The minimum atomic E-state index is -0.0982. The lowest BCUT2D eigenvalue weighted by atomic mass is 9.97. The fourth-order valence-electron chi connectivity index (χ4n) is 2.53. The predicted octanol–water partition coefficient (Wildman–Crippen LogP) is 0.0674. The van der Waals surface area contributed by atoms with Crippen molar-refractivity contribution in [2.75, 3.05) is 39.5 Å². The van der Waals surface area contributed by atoms with Crippen molar-refractivity contribution in [3.63, 3.8) is 0 Å². The summed E-state index contributed by atoms with van der Waals surface area (Å²) in [6.45, 7) is 2.96. The number of nitrogens with zero attached hydrogens (tertiary/aromatic N) is 3. The van der Waals surface area contributed by atoms with Gasteiger partial charge in [0.1, 0.15) is 5.82 Å². The molecule has 1 aromatic heterocycles. The van der Waals surface area contributed by atoms with Gasteiger partial charge in [-0.2, -0.15) is 0 Å². The van der Waals surface area contributed by atoms with Crippen molar-refractivity contribution in [2.24, 2.45) is 5.84 Å². The molecule has 1 fully saturated rings. The highest BCUT2D eigenvalue weighted by atomic mass is 35.5. The van der Waals surface area contributed by atoms with Gasteiger partial charge in [0.05, 0.1) is 11.1 Å². The summed E-state index contributed by atoms with van der Waals surface area (Å²) in [6, 6.07) is 1.96. The van der Waals surface area contributed by atoms with Crippen LogP contribution in [-0.2, 0) is 0 Å². The normalized spacial score (nSPS) is 23.5. The van der Waals surface area contributed by atoms with Gasteiger partial charge in [-0.05, 0) is 20.2 Å². The Labute approximate surface area is 118 Å². The number of pyridine rings is 1. The van der Waals surface area contributed by atoms with E-state index in [-0.39, 0.29) is 12.1 Å². The Balaban J connectivity index is 2.30. The van der Waals surface area contributed by atoms with Crippen LogP contribution in [0.1, 0.15) is 11.6 Å². The molecule has 0 bridgehead atoms. The minimum absolute atomic E-state index is 0.0982. The van der Waals surface area contributed by atoms with Crippen LogP contribution in [0.25, 0.3) is 0 Å². The maximum Gasteiger partial charge on any atom is 0.128 e. The van der Waals surface area contributed by atoms with Gasteiger partial charge in [-0.15, -0.1) is 0 Å². The number of nitrogen functional groups attached to an aromatic ring is 1. The van der Waals surface area contributed by atoms with Gasteiger partial charge in [0, 0.05) is 37.4 Å². The first-order chi connectivity index (χ1) is 9.02. The van der Waals surface area contributed by atoms with Gasteiger partial charge < -0.3 is 10.6 Å². The maximum absolute atomic E-state index is 6.01. The Hall–Kier alpha value is -0.920. The van der Waals surface area contributed by atoms with E-state index in [9.17, 15) is 0 Å². The number of halogens is 1. The van der Waals surface area contributed by atoms with Gasteiger partial charge in [0.2, 0.25) is 0 Å². The van der Waals surface area contributed by atoms with Crippen LogP contribution in [0.5, 0.6) is 0 Å². The monoisotopic (exact) mass is 284 g/mol. The Morgan fingerprint density at radius 1 is 1.47 bits per heavy atom. The number of hydrazine groups is 1. The topological polar surface area (TPSA) is 83.4 Å². The molecule has 6 nitrogen and oxygen atoms in total. The van der Waals surface area contributed by atoms with Gasteiger partial charge in [0.15, 0.2) is 0 Å². The fraction of sp³-hybridized carbons (Fsp3) is 0.583. The number of rotatable bonds is 3. The van der Waals surface area contributed by atoms with E-state index in [0.717, 1.165) is 25.2 Å². The van der Waals surface area contributed by atoms with Gasteiger partial charge in [0.25, 0.3) is 0 Å². The third-order valence-corrected chi connectivity index (χ3v) is 3.92. The smallest absolute Gasteiger partial charge is 0.128 e. The molecule has 2 unspecified atom stereocenters. The SMILES string of the molecule is CN1CCN(C)C(C(NN)c2cc(Cl)cnc2N)C1. The maximum atomic E-state index is 6.01. The molecule has 0 spiro atoms. The molecule has 0 saturated carbocycles. The van der Waals surface area contributed by atoms with Gasteiger partial charge >= 0.3 is 0 Å². The molecule has 2 rings (SSSR count). The minimum Gasteiger partial charge on any atom is -0.383 e. The lowest BCUT2D eigenvalue weighted by Crippen LogP contribution is -2.56. The summed E-state index contributed by atoms with van der Waals surface area (Å²) in [5, 5.41) is 0.566. The van der Waals surface area contributed by atoms with Crippen LogP contribution in [0.3, 0.4) is 0 Å². The van der Waals surface area contributed by atoms with Gasteiger partial charge in [-0.1, -0.05) is 11.6 Å². The van der Waals surface area contributed by atoms with Crippen LogP contribution in [0.4, 0.5) is 5.82 Å². The largest absolute Gasteiger partial charge is 0.383 e. The standard InChI is InChI=1S/C12H21ClN6/c1-18-3-4-19(2)10(7-18)11(17-15)9-5-8(13)6-16-12(9)14/h5-6,10-11,17H,3-4,7,15H2,1-2H3,(H2,14,16). The molecule has 0 aliphatic carbocycles. The van der Waals surface area contributed by atoms with E-state index in [2.05, 4.69) is 34.3 Å². The van der Waals surface area contributed by atoms with Crippen molar-refractivity contribution in [3.8, 4) is 0 Å². The molecule has 1 aliphatic heterocycles. The van der Waals surface area contributed by atoms with Gasteiger partial charge in [-0.25, -0.2) is 4.98 Å². The second-order valence-electron chi connectivity index (χ2n) is 5.08. The third-order valence-electron chi connectivity index (χ3n) is 3.71. The number of likely N-dealkylation sites (N-methyl/N-ethyl adjacent to an activating group) is 2. The van der Waals surface area contributed by atoms with E-state index >= 15 is 0 Å². The average molecular weight is 285 g/mol. The zero-order valence-corrected chi connectivity index (χ0v) is 12.1. The van der Waals surface area contributed by atoms with Crippen LogP contribution in [0.2, 0.25) is 5.02 Å². The molecule has 1 aliphatic rings. The molecule has 1 saturated heterocycles. The number of hydrogen-bond acceptors (Lipinski definition) is 6. The number of hydrogen-bond donors (Lipinski definition) is 3.